The molecule has 0 spiro atoms. The van der Waals surface area contributed by atoms with Crippen LogP contribution in [-0.4, -0.2) is 50.1 Å². The van der Waals surface area contributed by atoms with Gasteiger partial charge in [0.15, 0.2) is 0 Å². The fraction of sp³-hybridized carbons (Fsp3) is 0.500. The Hall–Kier alpha value is -1.34. The number of hydrogen-bond acceptors (Lipinski definition) is 5. The Morgan fingerprint density at radius 3 is 2.35 bits per heavy atom. The van der Waals surface area contributed by atoms with E-state index in [1.807, 2.05) is 6.07 Å². The summed E-state index contributed by atoms with van der Waals surface area (Å²) in [6.07, 6.45) is 2.96. The van der Waals surface area contributed by atoms with Gasteiger partial charge in [-0.15, -0.1) is 0 Å². The molecule has 2 heterocycles. The van der Waals surface area contributed by atoms with Crippen LogP contribution in [0.5, 0.6) is 0 Å². The van der Waals surface area contributed by atoms with E-state index in [9.17, 15) is 8.42 Å². The third-order valence-corrected chi connectivity index (χ3v) is 4.15. The molecule has 7 heteroatoms. The summed E-state index contributed by atoms with van der Waals surface area (Å²) < 4.78 is 24.2. The second-order valence-corrected chi connectivity index (χ2v) is 6.07. The monoisotopic (exact) mass is 256 g/mol. The number of sulfonamides is 1. The smallest absolute Gasteiger partial charge is 0.211 e. The molecule has 1 aliphatic heterocycles. The summed E-state index contributed by atoms with van der Waals surface area (Å²) in [4.78, 5) is 6.13. The average Bonchev–Trinajstić information content (AvgIpc) is 2.29. The van der Waals surface area contributed by atoms with E-state index in [0.717, 1.165) is 5.69 Å². The maximum Gasteiger partial charge on any atom is 0.211 e. The molecule has 17 heavy (non-hydrogen) atoms. The Labute approximate surface area is 101 Å². The van der Waals surface area contributed by atoms with Crippen LogP contribution in [-0.2, 0) is 10.0 Å². The van der Waals surface area contributed by atoms with Gasteiger partial charge in [0.25, 0.3) is 0 Å². The number of anilines is 2. The van der Waals surface area contributed by atoms with Gasteiger partial charge in [-0.25, -0.2) is 13.4 Å². The number of hydrogen-bond donors (Lipinski definition) is 1. The lowest BCUT2D eigenvalue weighted by Gasteiger charge is -2.34. The van der Waals surface area contributed by atoms with Crippen LogP contribution in [0, 0.1) is 0 Å². The highest BCUT2D eigenvalue weighted by atomic mass is 32.2. The zero-order valence-corrected chi connectivity index (χ0v) is 10.5. The van der Waals surface area contributed by atoms with Crippen molar-refractivity contribution in [3.63, 3.8) is 0 Å². The largest absolute Gasteiger partial charge is 0.384 e. The highest BCUT2D eigenvalue weighted by Crippen LogP contribution is 2.16. The number of piperazine rings is 1. The van der Waals surface area contributed by atoms with Crippen LogP contribution in [0.2, 0.25) is 0 Å². The van der Waals surface area contributed by atoms with Gasteiger partial charge < -0.3 is 10.6 Å². The standard InChI is InChI=1S/C10H16N4O2S/c1-17(15,16)14-6-4-13(5-7-14)9-2-3-10(11)12-8-9/h2-3,8H,4-7H2,1H3,(H2,11,12). The summed E-state index contributed by atoms with van der Waals surface area (Å²) >= 11 is 0. The summed E-state index contributed by atoms with van der Waals surface area (Å²) in [7, 11) is -3.07. The van der Waals surface area contributed by atoms with Crippen molar-refractivity contribution in [3.05, 3.63) is 18.3 Å². The van der Waals surface area contributed by atoms with Gasteiger partial charge in [0.05, 0.1) is 18.1 Å². The summed E-state index contributed by atoms with van der Waals surface area (Å²) in [5.74, 6) is 0.489. The molecular weight excluding hydrogens is 240 g/mol. The predicted molar refractivity (Wildman–Crippen MR) is 67.3 cm³/mol. The first-order chi connectivity index (χ1) is 7.97. The molecule has 94 valence electrons. The van der Waals surface area contributed by atoms with Gasteiger partial charge in [-0.3, -0.25) is 0 Å². The first-order valence-corrected chi connectivity index (χ1v) is 7.23. The van der Waals surface area contributed by atoms with Crippen LogP contribution < -0.4 is 10.6 Å². The minimum absolute atomic E-state index is 0.489. The average molecular weight is 256 g/mol. The number of nitrogens with two attached hydrogens (primary N) is 1. The summed E-state index contributed by atoms with van der Waals surface area (Å²) in [6, 6.07) is 3.65. The molecule has 2 N–H and O–H groups in total. The summed E-state index contributed by atoms with van der Waals surface area (Å²) in [5, 5.41) is 0. The normalized spacial score (nSPS) is 18.3. The minimum atomic E-state index is -3.07. The van der Waals surface area contributed by atoms with Crippen LogP contribution in [0.1, 0.15) is 0 Å². The van der Waals surface area contributed by atoms with E-state index < -0.39 is 10.0 Å². The number of rotatable bonds is 2. The Morgan fingerprint density at radius 2 is 1.88 bits per heavy atom. The third-order valence-electron chi connectivity index (χ3n) is 2.84. The van der Waals surface area contributed by atoms with E-state index in [1.165, 1.54) is 10.6 Å². The van der Waals surface area contributed by atoms with E-state index in [0.29, 0.717) is 32.0 Å². The van der Waals surface area contributed by atoms with E-state index in [2.05, 4.69) is 9.88 Å². The second-order valence-electron chi connectivity index (χ2n) is 4.09. The molecule has 0 saturated carbocycles. The van der Waals surface area contributed by atoms with E-state index in [-0.39, 0.29) is 0 Å². The maximum atomic E-state index is 11.4. The molecule has 0 bridgehead atoms. The van der Waals surface area contributed by atoms with Crippen molar-refractivity contribution in [2.24, 2.45) is 0 Å². The Bertz CT molecular complexity index is 478. The SMILES string of the molecule is CS(=O)(=O)N1CCN(c2ccc(N)nc2)CC1. The minimum Gasteiger partial charge on any atom is -0.384 e. The van der Waals surface area contributed by atoms with E-state index in [4.69, 9.17) is 5.73 Å². The molecule has 0 aromatic carbocycles. The zero-order chi connectivity index (χ0) is 12.5. The highest BCUT2D eigenvalue weighted by Gasteiger charge is 2.23. The quantitative estimate of drug-likeness (QED) is 0.789. The van der Waals surface area contributed by atoms with E-state index >= 15 is 0 Å². The highest BCUT2D eigenvalue weighted by molar-refractivity contribution is 7.88. The van der Waals surface area contributed by atoms with Gasteiger partial charge in [-0.05, 0) is 12.1 Å². The molecule has 2 rings (SSSR count). The van der Waals surface area contributed by atoms with Crippen molar-refractivity contribution >= 4 is 21.5 Å². The molecule has 0 amide bonds. The molecule has 0 radical (unpaired) electrons. The molecule has 1 aliphatic rings. The van der Waals surface area contributed by atoms with Gasteiger partial charge in [-0.1, -0.05) is 0 Å². The maximum absolute atomic E-state index is 11.4. The number of nitrogen functional groups attached to an aromatic ring is 1. The summed E-state index contributed by atoms with van der Waals surface area (Å²) in [5.41, 5.74) is 6.50. The van der Waals surface area contributed by atoms with Crippen LogP contribution in [0.15, 0.2) is 18.3 Å². The van der Waals surface area contributed by atoms with Crippen molar-refractivity contribution in [1.82, 2.24) is 9.29 Å². The first-order valence-electron chi connectivity index (χ1n) is 5.38. The summed E-state index contributed by atoms with van der Waals surface area (Å²) in [6.45, 7) is 2.39. The van der Waals surface area contributed by atoms with Gasteiger partial charge >= 0.3 is 0 Å². The van der Waals surface area contributed by atoms with Crippen LogP contribution >= 0.6 is 0 Å². The lowest BCUT2D eigenvalue weighted by Crippen LogP contribution is -2.48. The number of pyridine rings is 1. The fourth-order valence-electron chi connectivity index (χ4n) is 1.86. The molecule has 0 unspecified atom stereocenters. The van der Waals surface area contributed by atoms with Crippen molar-refractivity contribution in [2.75, 3.05) is 43.1 Å². The molecular formula is C10H16N4O2S. The predicted octanol–water partition coefficient (Wildman–Crippen LogP) is -0.255. The van der Waals surface area contributed by atoms with Crippen LogP contribution in [0.3, 0.4) is 0 Å². The third kappa shape index (κ3) is 2.86. The van der Waals surface area contributed by atoms with Crippen molar-refractivity contribution in [1.29, 1.82) is 0 Å². The van der Waals surface area contributed by atoms with Crippen molar-refractivity contribution in [3.8, 4) is 0 Å². The first kappa shape index (κ1) is 12.1. The topological polar surface area (TPSA) is 79.5 Å². The van der Waals surface area contributed by atoms with Gasteiger partial charge in [0.2, 0.25) is 10.0 Å². The lowest BCUT2D eigenvalue weighted by atomic mass is 10.3. The molecule has 1 aromatic heterocycles. The number of nitrogens with zero attached hydrogens (tertiary/aromatic N) is 3. The molecule has 1 fully saturated rings. The van der Waals surface area contributed by atoms with E-state index in [1.54, 1.807) is 12.3 Å². The molecule has 6 nitrogen and oxygen atoms in total. The Morgan fingerprint density at radius 1 is 1.24 bits per heavy atom. The molecule has 1 saturated heterocycles. The zero-order valence-electron chi connectivity index (χ0n) is 9.70. The fourth-order valence-corrected chi connectivity index (χ4v) is 2.69. The van der Waals surface area contributed by atoms with Crippen LogP contribution in [0.25, 0.3) is 0 Å². The van der Waals surface area contributed by atoms with Crippen LogP contribution in [0.4, 0.5) is 11.5 Å². The number of aromatic nitrogens is 1. The molecule has 1 aromatic rings. The lowest BCUT2D eigenvalue weighted by molar-refractivity contribution is 0.388. The van der Waals surface area contributed by atoms with Gasteiger partial charge in [0.1, 0.15) is 5.82 Å². The van der Waals surface area contributed by atoms with Gasteiger partial charge in [0, 0.05) is 26.2 Å². The van der Waals surface area contributed by atoms with Crippen molar-refractivity contribution < 1.29 is 8.42 Å². The van der Waals surface area contributed by atoms with Crippen molar-refractivity contribution in [2.45, 2.75) is 0 Å². The molecule has 0 atom stereocenters. The second kappa shape index (κ2) is 4.50. The molecule has 0 aliphatic carbocycles. The Kier molecular flexibility index (Phi) is 3.21. The van der Waals surface area contributed by atoms with Gasteiger partial charge in [-0.2, -0.15) is 4.31 Å². The Balaban J connectivity index is 2.02.